The van der Waals surface area contributed by atoms with Gasteiger partial charge in [0.1, 0.15) is 11.9 Å². The summed E-state index contributed by atoms with van der Waals surface area (Å²) < 4.78 is 5.77. The zero-order valence-electron chi connectivity index (χ0n) is 10.2. The van der Waals surface area contributed by atoms with Crippen molar-refractivity contribution in [2.45, 2.75) is 50.9 Å². The Bertz CT molecular complexity index is 345. The van der Waals surface area contributed by atoms with Gasteiger partial charge in [-0.3, -0.25) is 0 Å². The molecule has 3 heteroatoms. The fourth-order valence-corrected chi connectivity index (χ4v) is 2.21. The number of aliphatic hydroxyl groups excluding tert-OH is 2. The summed E-state index contributed by atoms with van der Waals surface area (Å²) in [5.41, 5.74) is 0.876. The molecule has 0 saturated heterocycles. The summed E-state index contributed by atoms with van der Waals surface area (Å²) >= 11 is 0. The molecule has 1 aliphatic rings. The van der Waals surface area contributed by atoms with Crippen LogP contribution in [-0.4, -0.2) is 22.4 Å². The maximum absolute atomic E-state index is 9.81. The zero-order chi connectivity index (χ0) is 12.3. The maximum Gasteiger partial charge on any atom is 0.124 e. The van der Waals surface area contributed by atoms with E-state index in [0.717, 1.165) is 37.0 Å². The predicted molar refractivity (Wildman–Crippen MR) is 66.0 cm³/mol. The molecule has 1 fully saturated rings. The fraction of sp³-hybridized carbons (Fsp3) is 0.571. The highest BCUT2D eigenvalue weighted by Crippen LogP contribution is 2.25. The third kappa shape index (κ3) is 3.20. The topological polar surface area (TPSA) is 49.7 Å². The zero-order valence-corrected chi connectivity index (χ0v) is 10.2. The van der Waals surface area contributed by atoms with Gasteiger partial charge in [0.15, 0.2) is 0 Å². The third-order valence-corrected chi connectivity index (χ3v) is 3.32. The Morgan fingerprint density at radius 1 is 1.18 bits per heavy atom. The Morgan fingerprint density at radius 2 is 1.82 bits per heavy atom. The van der Waals surface area contributed by atoms with Crippen molar-refractivity contribution >= 4 is 0 Å². The number of hydrogen-bond acceptors (Lipinski definition) is 3. The first-order chi connectivity index (χ1) is 8.16. The number of rotatable bonds is 3. The molecule has 1 aromatic rings. The van der Waals surface area contributed by atoms with E-state index in [1.807, 2.05) is 24.3 Å². The molecule has 3 nitrogen and oxygen atoms in total. The van der Waals surface area contributed by atoms with Crippen LogP contribution in [-0.2, 0) is 0 Å². The van der Waals surface area contributed by atoms with Crippen LogP contribution in [0.5, 0.6) is 5.75 Å². The summed E-state index contributed by atoms with van der Waals surface area (Å²) in [7, 11) is 0. The quantitative estimate of drug-likeness (QED) is 0.847. The summed E-state index contributed by atoms with van der Waals surface area (Å²) in [6, 6.07) is 7.41. The van der Waals surface area contributed by atoms with Gasteiger partial charge in [-0.15, -0.1) is 0 Å². The van der Waals surface area contributed by atoms with Crippen LogP contribution >= 0.6 is 0 Å². The molecule has 2 N–H and O–H groups in total. The van der Waals surface area contributed by atoms with E-state index in [2.05, 4.69) is 0 Å². The van der Waals surface area contributed by atoms with E-state index in [-0.39, 0.29) is 12.2 Å². The molecule has 0 spiro atoms. The lowest BCUT2D eigenvalue weighted by molar-refractivity contribution is 0.00685. The molecule has 94 valence electrons. The van der Waals surface area contributed by atoms with Crippen molar-refractivity contribution in [1.29, 1.82) is 0 Å². The molecule has 0 aliphatic heterocycles. The van der Waals surface area contributed by atoms with E-state index in [9.17, 15) is 10.2 Å². The van der Waals surface area contributed by atoms with E-state index < -0.39 is 6.10 Å². The molecule has 3 atom stereocenters. The molecular formula is C14H20O3. The molecule has 1 saturated carbocycles. The molecule has 3 unspecified atom stereocenters. The molecule has 17 heavy (non-hydrogen) atoms. The van der Waals surface area contributed by atoms with Crippen molar-refractivity contribution in [2.24, 2.45) is 0 Å². The number of benzene rings is 1. The lowest BCUT2D eigenvalue weighted by atomic mass is 9.95. The number of hydrogen-bond donors (Lipinski definition) is 2. The minimum Gasteiger partial charge on any atom is -0.488 e. The average Bonchev–Trinajstić information content (AvgIpc) is 2.33. The predicted octanol–water partition coefficient (Wildman–Crippen LogP) is 2.42. The Morgan fingerprint density at radius 3 is 2.41 bits per heavy atom. The van der Waals surface area contributed by atoms with Gasteiger partial charge in [0, 0.05) is 0 Å². The van der Waals surface area contributed by atoms with Crippen LogP contribution in [0.15, 0.2) is 24.3 Å². The molecule has 0 bridgehead atoms. The summed E-state index contributed by atoms with van der Waals surface area (Å²) in [5, 5.41) is 19.2. The second-order valence-electron chi connectivity index (χ2n) is 4.75. The highest BCUT2D eigenvalue weighted by atomic mass is 16.5. The largest absolute Gasteiger partial charge is 0.488 e. The molecule has 0 radical (unpaired) electrons. The average molecular weight is 236 g/mol. The summed E-state index contributed by atoms with van der Waals surface area (Å²) in [5.74, 6) is 0.764. The van der Waals surface area contributed by atoms with Gasteiger partial charge < -0.3 is 14.9 Å². The smallest absolute Gasteiger partial charge is 0.124 e. The first-order valence-electron chi connectivity index (χ1n) is 6.29. The maximum atomic E-state index is 9.81. The number of aliphatic hydroxyl groups is 2. The first-order valence-corrected chi connectivity index (χ1v) is 6.29. The molecule has 0 amide bonds. The van der Waals surface area contributed by atoms with E-state index >= 15 is 0 Å². The van der Waals surface area contributed by atoms with Crippen LogP contribution < -0.4 is 4.74 Å². The fourth-order valence-electron chi connectivity index (χ4n) is 2.21. The van der Waals surface area contributed by atoms with Crippen LogP contribution in [0.25, 0.3) is 0 Å². The Labute approximate surface area is 102 Å². The van der Waals surface area contributed by atoms with E-state index in [1.165, 1.54) is 0 Å². The standard InChI is InChI=1S/C14H20O3/c1-10(15)11-6-8-12(9-7-11)17-14-5-3-2-4-13(14)16/h6-10,13-16H,2-5H2,1H3. The first kappa shape index (κ1) is 12.4. The van der Waals surface area contributed by atoms with E-state index in [0.29, 0.717) is 0 Å². The summed E-state index contributed by atoms with van der Waals surface area (Å²) in [6.45, 7) is 1.74. The van der Waals surface area contributed by atoms with Gasteiger partial charge in [-0.25, -0.2) is 0 Å². The summed E-state index contributed by atoms with van der Waals surface area (Å²) in [6.07, 6.45) is 3.07. The molecule has 0 aromatic heterocycles. The van der Waals surface area contributed by atoms with Crippen molar-refractivity contribution in [2.75, 3.05) is 0 Å². The Balaban J connectivity index is 1.98. The SMILES string of the molecule is CC(O)c1ccc(OC2CCCCC2O)cc1. The number of ether oxygens (including phenoxy) is 1. The summed E-state index contributed by atoms with van der Waals surface area (Å²) in [4.78, 5) is 0. The lowest BCUT2D eigenvalue weighted by Crippen LogP contribution is -2.34. The molecule has 0 heterocycles. The van der Waals surface area contributed by atoms with Gasteiger partial charge in [0.2, 0.25) is 0 Å². The molecule has 1 aliphatic carbocycles. The van der Waals surface area contributed by atoms with Crippen molar-refractivity contribution in [3.8, 4) is 5.75 Å². The second kappa shape index (κ2) is 5.52. The highest BCUT2D eigenvalue weighted by molar-refractivity contribution is 5.28. The van der Waals surface area contributed by atoms with Crippen molar-refractivity contribution in [3.63, 3.8) is 0 Å². The molecule has 2 rings (SSSR count). The van der Waals surface area contributed by atoms with Gasteiger partial charge in [-0.2, -0.15) is 0 Å². The van der Waals surface area contributed by atoms with Crippen LogP contribution in [0.2, 0.25) is 0 Å². The van der Waals surface area contributed by atoms with Crippen LogP contribution in [0.3, 0.4) is 0 Å². The van der Waals surface area contributed by atoms with E-state index in [4.69, 9.17) is 4.74 Å². The van der Waals surface area contributed by atoms with Crippen LogP contribution in [0, 0.1) is 0 Å². The van der Waals surface area contributed by atoms with Gasteiger partial charge in [-0.1, -0.05) is 18.6 Å². The minimum atomic E-state index is -0.454. The van der Waals surface area contributed by atoms with E-state index in [1.54, 1.807) is 6.92 Å². The van der Waals surface area contributed by atoms with Gasteiger partial charge in [0.05, 0.1) is 12.2 Å². The van der Waals surface area contributed by atoms with Gasteiger partial charge in [-0.05, 0) is 43.9 Å². The normalized spacial score (nSPS) is 26.5. The minimum absolute atomic E-state index is 0.0823. The second-order valence-corrected chi connectivity index (χ2v) is 4.75. The Hall–Kier alpha value is -1.06. The van der Waals surface area contributed by atoms with Gasteiger partial charge in [0.25, 0.3) is 0 Å². The Kier molecular flexibility index (Phi) is 4.02. The third-order valence-electron chi connectivity index (χ3n) is 3.32. The molecular weight excluding hydrogens is 216 g/mol. The van der Waals surface area contributed by atoms with Crippen molar-refractivity contribution in [1.82, 2.24) is 0 Å². The highest BCUT2D eigenvalue weighted by Gasteiger charge is 2.24. The van der Waals surface area contributed by atoms with Crippen LogP contribution in [0.4, 0.5) is 0 Å². The van der Waals surface area contributed by atoms with Gasteiger partial charge >= 0.3 is 0 Å². The van der Waals surface area contributed by atoms with Crippen molar-refractivity contribution in [3.05, 3.63) is 29.8 Å². The monoisotopic (exact) mass is 236 g/mol. The lowest BCUT2D eigenvalue weighted by Gasteiger charge is -2.28. The van der Waals surface area contributed by atoms with Crippen molar-refractivity contribution < 1.29 is 14.9 Å². The van der Waals surface area contributed by atoms with Crippen LogP contribution in [0.1, 0.15) is 44.3 Å². The molecule has 1 aromatic carbocycles.